The van der Waals surface area contributed by atoms with E-state index in [0.29, 0.717) is 11.4 Å². The van der Waals surface area contributed by atoms with Gasteiger partial charge in [0.2, 0.25) is 11.8 Å². The maximum Gasteiger partial charge on any atom is 0.229 e. The third-order valence-corrected chi connectivity index (χ3v) is 4.60. The molecule has 136 valence electrons. The molecule has 1 fully saturated rings. The van der Waals surface area contributed by atoms with Crippen LogP contribution in [0.3, 0.4) is 0 Å². The molecule has 7 heteroatoms. The van der Waals surface area contributed by atoms with Crippen molar-refractivity contribution in [2.45, 2.75) is 6.42 Å². The summed E-state index contributed by atoms with van der Waals surface area (Å²) in [5.41, 5.74) is 3.12. The van der Waals surface area contributed by atoms with Gasteiger partial charge in [0.1, 0.15) is 5.82 Å². The van der Waals surface area contributed by atoms with E-state index < -0.39 is 5.92 Å². The smallest absolute Gasteiger partial charge is 0.229 e. The van der Waals surface area contributed by atoms with Gasteiger partial charge >= 0.3 is 0 Å². The normalized spacial score (nSPS) is 16.6. The Morgan fingerprint density at radius 1 is 1.11 bits per heavy atom. The third-order valence-electron chi connectivity index (χ3n) is 4.60. The van der Waals surface area contributed by atoms with E-state index in [1.165, 1.54) is 17.0 Å². The van der Waals surface area contributed by atoms with Gasteiger partial charge < -0.3 is 10.2 Å². The zero-order chi connectivity index (χ0) is 18.8. The molecule has 0 spiro atoms. The average Bonchev–Trinajstić information content (AvgIpc) is 3.33. The number of carbonyl (C=O) groups is 2. The van der Waals surface area contributed by atoms with Crippen LogP contribution in [0.25, 0.3) is 11.3 Å². The minimum atomic E-state index is -0.449. The van der Waals surface area contributed by atoms with Crippen molar-refractivity contribution in [1.82, 2.24) is 10.2 Å². The SMILES string of the molecule is O=C(Nc1ccc(-c2ccn[nH]2)cc1)[C@H]1CC(=O)N(c2ccc(F)cc2)C1. The highest BCUT2D eigenvalue weighted by molar-refractivity contribution is 6.03. The van der Waals surface area contributed by atoms with Crippen LogP contribution in [0.15, 0.2) is 60.8 Å². The summed E-state index contributed by atoms with van der Waals surface area (Å²) >= 11 is 0. The van der Waals surface area contributed by atoms with Crippen molar-refractivity contribution >= 4 is 23.2 Å². The van der Waals surface area contributed by atoms with Crippen LogP contribution in [0.5, 0.6) is 0 Å². The van der Waals surface area contributed by atoms with Gasteiger partial charge in [0, 0.05) is 30.5 Å². The molecule has 2 heterocycles. The Bertz CT molecular complexity index is 953. The van der Waals surface area contributed by atoms with E-state index in [1.807, 2.05) is 30.3 Å². The van der Waals surface area contributed by atoms with Crippen molar-refractivity contribution in [3.63, 3.8) is 0 Å². The molecule has 2 N–H and O–H groups in total. The predicted molar refractivity (Wildman–Crippen MR) is 99.5 cm³/mol. The fraction of sp³-hybridized carbons (Fsp3) is 0.150. The molecule has 0 aliphatic carbocycles. The van der Waals surface area contributed by atoms with E-state index in [0.717, 1.165) is 11.3 Å². The first kappa shape index (κ1) is 17.0. The van der Waals surface area contributed by atoms with Crippen molar-refractivity contribution < 1.29 is 14.0 Å². The molecule has 0 radical (unpaired) electrons. The van der Waals surface area contributed by atoms with E-state index in [-0.39, 0.29) is 30.6 Å². The number of halogens is 1. The first-order valence-corrected chi connectivity index (χ1v) is 8.57. The lowest BCUT2D eigenvalue weighted by molar-refractivity contribution is -0.122. The number of carbonyl (C=O) groups excluding carboxylic acids is 2. The van der Waals surface area contributed by atoms with Gasteiger partial charge in [-0.3, -0.25) is 14.7 Å². The molecule has 3 aromatic rings. The van der Waals surface area contributed by atoms with Crippen molar-refractivity contribution in [2.75, 3.05) is 16.8 Å². The Morgan fingerprint density at radius 3 is 2.52 bits per heavy atom. The van der Waals surface area contributed by atoms with Gasteiger partial charge in [0.05, 0.1) is 11.6 Å². The number of nitrogens with one attached hydrogen (secondary N) is 2. The molecule has 27 heavy (non-hydrogen) atoms. The fourth-order valence-electron chi connectivity index (χ4n) is 3.15. The molecule has 1 atom stereocenters. The second-order valence-electron chi connectivity index (χ2n) is 6.42. The van der Waals surface area contributed by atoms with Gasteiger partial charge in [-0.05, 0) is 48.0 Å². The topological polar surface area (TPSA) is 78.1 Å². The predicted octanol–water partition coefficient (Wildman–Crippen LogP) is 3.21. The number of rotatable bonds is 4. The largest absolute Gasteiger partial charge is 0.326 e. The van der Waals surface area contributed by atoms with Gasteiger partial charge in [0.15, 0.2) is 0 Å². The molecule has 1 aromatic heterocycles. The molecule has 1 aliphatic heterocycles. The summed E-state index contributed by atoms with van der Waals surface area (Å²) < 4.78 is 13.1. The standard InChI is InChI=1S/C20H17FN4O2/c21-15-3-7-17(8-4-15)25-12-14(11-19(25)26)20(27)23-16-5-1-13(2-6-16)18-9-10-22-24-18/h1-10,14H,11-12H2,(H,22,24)(H,23,27)/t14-/m0/s1. The van der Waals surface area contributed by atoms with Crippen LogP contribution in [0, 0.1) is 11.7 Å². The van der Waals surface area contributed by atoms with Crippen molar-refractivity contribution in [3.05, 3.63) is 66.6 Å². The maximum absolute atomic E-state index is 13.1. The van der Waals surface area contributed by atoms with Gasteiger partial charge in [-0.25, -0.2) is 4.39 Å². The molecule has 0 saturated carbocycles. The number of nitrogens with zero attached hydrogens (tertiary/aromatic N) is 2. The Labute approximate surface area is 155 Å². The number of hydrogen-bond donors (Lipinski definition) is 2. The molecule has 1 saturated heterocycles. The summed E-state index contributed by atoms with van der Waals surface area (Å²) in [4.78, 5) is 26.3. The van der Waals surface area contributed by atoms with Gasteiger partial charge in [-0.15, -0.1) is 0 Å². The first-order chi connectivity index (χ1) is 13.1. The maximum atomic E-state index is 13.1. The van der Waals surface area contributed by atoms with Crippen molar-refractivity contribution in [3.8, 4) is 11.3 Å². The molecule has 0 unspecified atom stereocenters. The van der Waals surface area contributed by atoms with Gasteiger partial charge in [0.25, 0.3) is 0 Å². The molecular formula is C20H17FN4O2. The van der Waals surface area contributed by atoms with E-state index in [9.17, 15) is 14.0 Å². The van der Waals surface area contributed by atoms with E-state index >= 15 is 0 Å². The lowest BCUT2D eigenvalue weighted by Crippen LogP contribution is -2.28. The Morgan fingerprint density at radius 2 is 1.85 bits per heavy atom. The highest BCUT2D eigenvalue weighted by Crippen LogP contribution is 2.26. The van der Waals surface area contributed by atoms with Crippen LogP contribution in [0.1, 0.15) is 6.42 Å². The fourth-order valence-corrected chi connectivity index (χ4v) is 3.15. The highest BCUT2D eigenvalue weighted by Gasteiger charge is 2.35. The van der Waals surface area contributed by atoms with Crippen molar-refractivity contribution in [1.29, 1.82) is 0 Å². The minimum absolute atomic E-state index is 0.134. The number of benzene rings is 2. The number of hydrogen-bond acceptors (Lipinski definition) is 3. The Kier molecular flexibility index (Phi) is 4.42. The molecule has 6 nitrogen and oxygen atoms in total. The zero-order valence-corrected chi connectivity index (χ0v) is 14.4. The average molecular weight is 364 g/mol. The molecular weight excluding hydrogens is 347 g/mol. The van der Waals surface area contributed by atoms with Crippen molar-refractivity contribution in [2.24, 2.45) is 5.92 Å². The van der Waals surface area contributed by atoms with Crippen LogP contribution in [0.2, 0.25) is 0 Å². The van der Waals surface area contributed by atoms with E-state index in [2.05, 4.69) is 15.5 Å². The third kappa shape index (κ3) is 3.57. The molecule has 4 rings (SSSR count). The van der Waals surface area contributed by atoms with Crippen LogP contribution < -0.4 is 10.2 Å². The lowest BCUT2D eigenvalue weighted by Gasteiger charge is -2.16. The second kappa shape index (κ2) is 7.03. The molecule has 2 amide bonds. The van der Waals surface area contributed by atoms with Crippen LogP contribution in [-0.4, -0.2) is 28.6 Å². The summed E-state index contributed by atoms with van der Waals surface area (Å²) in [5.74, 6) is -1.16. The lowest BCUT2D eigenvalue weighted by atomic mass is 10.1. The summed E-state index contributed by atoms with van der Waals surface area (Å²) in [6, 6.07) is 14.9. The Hall–Kier alpha value is -3.48. The van der Waals surface area contributed by atoms with E-state index in [4.69, 9.17) is 0 Å². The molecule has 0 bridgehead atoms. The van der Waals surface area contributed by atoms with Gasteiger partial charge in [-0.1, -0.05) is 12.1 Å². The van der Waals surface area contributed by atoms with Crippen LogP contribution in [-0.2, 0) is 9.59 Å². The van der Waals surface area contributed by atoms with E-state index in [1.54, 1.807) is 18.3 Å². The zero-order valence-electron chi connectivity index (χ0n) is 14.4. The molecule has 2 aromatic carbocycles. The second-order valence-corrected chi connectivity index (χ2v) is 6.42. The number of H-pyrrole nitrogens is 1. The highest BCUT2D eigenvalue weighted by atomic mass is 19.1. The van der Waals surface area contributed by atoms with Crippen LogP contribution >= 0.6 is 0 Å². The molecule has 1 aliphatic rings. The number of amides is 2. The number of aromatic nitrogens is 2. The van der Waals surface area contributed by atoms with Gasteiger partial charge in [-0.2, -0.15) is 5.10 Å². The summed E-state index contributed by atoms with van der Waals surface area (Å²) in [6.07, 6.45) is 1.81. The Balaban J connectivity index is 1.41. The summed E-state index contributed by atoms with van der Waals surface area (Å²) in [5, 5.41) is 9.65. The van der Waals surface area contributed by atoms with Crippen LogP contribution in [0.4, 0.5) is 15.8 Å². The minimum Gasteiger partial charge on any atom is -0.326 e. The number of aromatic amines is 1. The monoisotopic (exact) mass is 364 g/mol. The quantitative estimate of drug-likeness (QED) is 0.746. The summed E-state index contributed by atoms with van der Waals surface area (Å²) in [6.45, 7) is 0.280. The first-order valence-electron chi connectivity index (χ1n) is 8.57. The number of anilines is 2. The summed E-state index contributed by atoms with van der Waals surface area (Å²) in [7, 11) is 0.